The van der Waals surface area contributed by atoms with Crippen LogP contribution in [-0.4, -0.2) is 0 Å². The van der Waals surface area contributed by atoms with Crippen LogP contribution in [0.4, 0.5) is 8.78 Å². The predicted molar refractivity (Wildman–Crippen MR) is 71.3 cm³/mol. The van der Waals surface area contributed by atoms with Crippen LogP contribution in [0.3, 0.4) is 0 Å². The summed E-state index contributed by atoms with van der Waals surface area (Å²) in [5.41, 5.74) is 8.56. The third kappa shape index (κ3) is 2.31. The molecule has 18 heavy (non-hydrogen) atoms. The summed E-state index contributed by atoms with van der Waals surface area (Å²) in [6.07, 6.45) is 0. The molecule has 1 nitrogen and oxygen atoms in total. The van der Waals surface area contributed by atoms with Crippen LogP contribution in [0.2, 0.25) is 0 Å². The van der Waals surface area contributed by atoms with Crippen LogP contribution in [0, 0.1) is 18.6 Å². The molecule has 0 saturated heterocycles. The third-order valence-corrected chi connectivity index (χ3v) is 3.73. The lowest BCUT2D eigenvalue weighted by molar-refractivity contribution is 0.501. The van der Waals surface area contributed by atoms with Gasteiger partial charge in [0, 0.05) is 0 Å². The Morgan fingerprint density at radius 3 is 2.39 bits per heavy atom. The summed E-state index contributed by atoms with van der Waals surface area (Å²) in [7, 11) is 0. The molecule has 0 heterocycles. The van der Waals surface area contributed by atoms with Gasteiger partial charge >= 0.3 is 0 Å². The highest BCUT2D eigenvalue weighted by molar-refractivity contribution is 9.10. The van der Waals surface area contributed by atoms with E-state index in [0.29, 0.717) is 5.56 Å². The molecular weight excluding hydrogens is 300 g/mol. The molecule has 2 rings (SSSR count). The Labute approximate surface area is 113 Å². The minimum atomic E-state index is -0.906. The van der Waals surface area contributed by atoms with Gasteiger partial charge in [0.2, 0.25) is 0 Å². The summed E-state index contributed by atoms with van der Waals surface area (Å²) in [4.78, 5) is 0. The molecule has 0 aliphatic rings. The zero-order valence-electron chi connectivity index (χ0n) is 9.75. The van der Waals surface area contributed by atoms with E-state index in [1.807, 2.05) is 31.2 Å². The highest BCUT2D eigenvalue weighted by Gasteiger charge is 2.18. The van der Waals surface area contributed by atoms with Gasteiger partial charge in [-0.3, -0.25) is 0 Å². The number of rotatable bonds is 2. The lowest BCUT2D eigenvalue weighted by Gasteiger charge is -2.17. The summed E-state index contributed by atoms with van der Waals surface area (Å²) in [5, 5.41) is 0. The number of halogens is 3. The van der Waals surface area contributed by atoms with Crippen molar-refractivity contribution in [3.8, 4) is 0 Å². The highest BCUT2D eigenvalue weighted by atomic mass is 79.9. The lowest BCUT2D eigenvalue weighted by Crippen LogP contribution is -2.14. The molecule has 0 spiro atoms. The molecule has 2 aromatic carbocycles. The summed E-state index contributed by atoms with van der Waals surface area (Å²) in [6.45, 7) is 1.93. The van der Waals surface area contributed by atoms with E-state index in [1.54, 1.807) is 0 Å². The van der Waals surface area contributed by atoms with Crippen molar-refractivity contribution in [3.63, 3.8) is 0 Å². The zero-order valence-corrected chi connectivity index (χ0v) is 11.3. The van der Waals surface area contributed by atoms with E-state index in [9.17, 15) is 8.78 Å². The molecule has 2 N–H and O–H groups in total. The van der Waals surface area contributed by atoms with E-state index in [1.165, 1.54) is 6.07 Å². The molecule has 0 fully saturated rings. The summed E-state index contributed by atoms with van der Waals surface area (Å²) in [5.74, 6) is -1.79. The van der Waals surface area contributed by atoms with E-state index in [-0.39, 0.29) is 4.47 Å². The predicted octanol–water partition coefficient (Wildman–Crippen LogP) is 4.08. The van der Waals surface area contributed by atoms with Crippen LogP contribution in [0.1, 0.15) is 22.7 Å². The van der Waals surface area contributed by atoms with E-state index in [4.69, 9.17) is 5.73 Å². The smallest absolute Gasteiger partial charge is 0.173 e. The Balaban J connectivity index is 2.50. The van der Waals surface area contributed by atoms with Crippen LogP contribution in [0.5, 0.6) is 0 Å². The van der Waals surface area contributed by atoms with E-state index < -0.39 is 17.7 Å². The van der Waals surface area contributed by atoms with Gasteiger partial charge < -0.3 is 5.73 Å². The SMILES string of the molecule is Cc1ccccc1C(N)c1ccc(F)c(F)c1Br. The zero-order chi connectivity index (χ0) is 13.3. The quantitative estimate of drug-likeness (QED) is 0.831. The van der Waals surface area contributed by atoms with Crippen molar-refractivity contribution in [1.29, 1.82) is 0 Å². The Kier molecular flexibility index (Phi) is 3.78. The van der Waals surface area contributed by atoms with Gasteiger partial charge in [0.15, 0.2) is 11.6 Å². The minimum absolute atomic E-state index is 0.0817. The maximum absolute atomic E-state index is 13.5. The Morgan fingerprint density at radius 1 is 1.06 bits per heavy atom. The van der Waals surface area contributed by atoms with Crippen molar-refractivity contribution in [2.45, 2.75) is 13.0 Å². The van der Waals surface area contributed by atoms with Crippen molar-refractivity contribution in [3.05, 3.63) is 69.2 Å². The van der Waals surface area contributed by atoms with Crippen molar-refractivity contribution in [1.82, 2.24) is 0 Å². The number of hydrogen-bond acceptors (Lipinski definition) is 1. The number of benzene rings is 2. The second kappa shape index (κ2) is 5.16. The van der Waals surface area contributed by atoms with Crippen LogP contribution < -0.4 is 5.73 Å². The minimum Gasteiger partial charge on any atom is -0.320 e. The van der Waals surface area contributed by atoms with Crippen molar-refractivity contribution in [2.75, 3.05) is 0 Å². The second-order valence-electron chi connectivity index (χ2n) is 4.10. The lowest BCUT2D eigenvalue weighted by atomic mass is 9.96. The molecule has 94 valence electrons. The van der Waals surface area contributed by atoms with Gasteiger partial charge in [-0.05, 0) is 45.6 Å². The fourth-order valence-corrected chi connectivity index (χ4v) is 2.45. The first-order chi connectivity index (χ1) is 8.52. The number of hydrogen-bond donors (Lipinski definition) is 1. The highest BCUT2D eigenvalue weighted by Crippen LogP contribution is 2.31. The van der Waals surface area contributed by atoms with Gasteiger partial charge in [0.25, 0.3) is 0 Å². The molecule has 0 amide bonds. The molecule has 0 aliphatic heterocycles. The first-order valence-electron chi connectivity index (χ1n) is 5.47. The molecule has 0 aliphatic carbocycles. The molecule has 1 atom stereocenters. The second-order valence-corrected chi connectivity index (χ2v) is 4.89. The summed E-state index contributed by atoms with van der Waals surface area (Å²) < 4.78 is 26.6. The average molecular weight is 312 g/mol. The maximum atomic E-state index is 13.5. The van der Waals surface area contributed by atoms with Crippen LogP contribution in [0.15, 0.2) is 40.9 Å². The van der Waals surface area contributed by atoms with Gasteiger partial charge in [0.05, 0.1) is 10.5 Å². The number of nitrogens with two attached hydrogens (primary N) is 1. The van der Waals surface area contributed by atoms with Crippen molar-refractivity contribution >= 4 is 15.9 Å². The van der Waals surface area contributed by atoms with E-state index in [2.05, 4.69) is 15.9 Å². The topological polar surface area (TPSA) is 26.0 Å². The van der Waals surface area contributed by atoms with Crippen molar-refractivity contribution < 1.29 is 8.78 Å². The van der Waals surface area contributed by atoms with E-state index in [0.717, 1.165) is 17.2 Å². The first-order valence-corrected chi connectivity index (χ1v) is 6.26. The van der Waals surface area contributed by atoms with Crippen LogP contribution >= 0.6 is 15.9 Å². The van der Waals surface area contributed by atoms with Crippen LogP contribution in [0.25, 0.3) is 0 Å². The number of aryl methyl sites for hydroxylation is 1. The molecular formula is C14H12BrF2N. The van der Waals surface area contributed by atoms with Gasteiger partial charge in [-0.2, -0.15) is 0 Å². The van der Waals surface area contributed by atoms with E-state index >= 15 is 0 Å². The molecule has 0 radical (unpaired) electrons. The summed E-state index contributed by atoms with van der Waals surface area (Å²) >= 11 is 3.06. The largest absolute Gasteiger partial charge is 0.320 e. The normalized spacial score (nSPS) is 12.5. The van der Waals surface area contributed by atoms with Gasteiger partial charge in [0.1, 0.15) is 0 Å². The molecule has 1 unspecified atom stereocenters. The molecule has 4 heteroatoms. The van der Waals surface area contributed by atoms with Gasteiger partial charge in [-0.25, -0.2) is 8.78 Å². The van der Waals surface area contributed by atoms with Crippen molar-refractivity contribution in [2.24, 2.45) is 5.73 Å². The Hall–Kier alpha value is -1.26. The molecule has 2 aromatic rings. The van der Waals surface area contributed by atoms with Gasteiger partial charge in [-0.15, -0.1) is 0 Å². The first kappa shape index (κ1) is 13.2. The average Bonchev–Trinajstić information content (AvgIpc) is 2.36. The van der Waals surface area contributed by atoms with Crippen LogP contribution in [-0.2, 0) is 0 Å². The molecule has 0 aromatic heterocycles. The fourth-order valence-electron chi connectivity index (χ4n) is 1.88. The Morgan fingerprint density at radius 2 is 1.72 bits per heavy atom. The van der Waals surface area contributed by atoms with Gasteiger partial charge in [-0.1, -0.05) is 30.3 Å². The summed E-state index contributed by atoms with van der Waals surface area (Å²) in [6, 6.07) is 9.70. The monoisotopic (exact) mass is 311 g/mol. The fraction of sp³-hybridized carbons (Fsp3) is 0.143. The third-order valence-electron chi connectivity index (χ3n) is 2.92. The standard InChI is InChI=1S/C14H12BrF2N/c1-8-4-2-3-5-9(8)14(18)10-6-7-11(16)13(17)12(10)15/h2-7,14H,18H2,1H3. The molecule has 0 bridgehead atoms. The molecule has 0 saturated carbocycles. The maximum Gasteiger partial charge on any atom is 0.173 e. The Bertz CT molecular complexity index is 584.